The predicted molar refractivity (Wildman–Crippen MR) is 147 cm³/mol. The van der Waals surface area contributed by atoms with Gasteiger partial charge in [-0.1, -0.05) is 23.7 Å². The average Bonchev–Trinajstić information content (AvgIpc) is 3.21. The number of rotatable bonds is 8. The van der Waals surface area contributed by atoms with Gasteiger partial charge in [0.2, 0.25) is 0 Å². The van der Waals surface area contributed by atoms with Crippen LogP contribution in [0.3, 0.4) is 0 Å². The van der Waals surface area contributed by atoms with Crippen LogP contribution in [-0.2, 0) is 6.54 Å². The number of fused-ring (bicyclic) bond motifs is 1. The number of carbonyl (C=O) groups excluding carboxylic acids is 1. The molecule has 0 saturated heterocycles. The van der Waals surface area contributed by atoms with Crippen molar-refractivity contribution in [2.45, 2.75) is 51.6 Å². The Morgan fingerprint density at radius 1 is 1.08 bits per heavy atom. The highest BCUT2D eigenvalue weighted by molar-refractivity contribution is 6.30. The second-order valence-corrected chi connectivity index (χ2v) is 10.2. The maximum Gasteiger partial charge on any atom is 0.333 e. The third-order valence-corrected chi connectivity index (χ3v) is 7.37. The SMILES string of the molecule is CCNc1ccc(-n2c(=O)n(CC3CCC(NC(=O)c4cc(Cl)cnc4C(F)F)CC3)c3ccccc32)cn1. The van der Waals surface area contributed by atoms with Gasteiger partial charge < -0.3 is 10.6 Å². The lowest BCUT2D eigenvalue weighted by atomic mass is 9.85. The Hall–Kier alpha value is -3.79. The van der Waals surface area contributed by atoms with E-state index in [2.05, 4.69) is 20.6 Å². The monoisotopic (exact) mass is 554 g/mol. The van der Waals surface area contributed by atoms with Crippen molar-refractivity contribution in [2.24, 2.45) is 5.92 Å². The molecule has 0 atom stereocenters. The second-order valence-electron chi connectivity index (χ2n) is 9.73. The van der Waals surface area contributed by atoms with E-state index in [-0.39, 0.29) is 28.2 Å². The van der Waals surface area contributed by atoms with E-state index in [4.69, 9.17) is 11.6 Å². The summed E-state index contributed by atoms with van der Waals surface area (Å²) < 4.78 is 30.2. The number of anilines is 1. The molecule has 1 amide bonds. The van der Waals surface area contributed by atoms with Crippen LogP contribution in [-0.4, -0.2) is 37.6 Å². The molecule has 0 bridgehead atoms. The molecule has 0 unspecified atom stereocenters. The first-order chi connectivity index (χ1) is 18.9. The van der Waals surface area contributed by atoms with Crippen molar-refractivity contribution in [1.29, 1.82) is 0 Å². The highest BCUT2D eigenvalue weighted by Crippen LogP contribution is 2.29. The van der Waals surface area contributed by atoms with Crippen molar-refractivity contribution >= 4 is 34.4 Å². The number of carbonyl (C=O) groups is 1. The minimum atomic E-state index is -2.87. The first-order valence-electron chi connectivity index (χ1n) is 13.0. The zero-order valence-corrected chi connectivity index (χ0v) is 22.2. The van der Waals surface area contributed by atoms with E-state index >= 15 is 0 Å². The van der Waals surface area contributed by atoms with Gasteiger partial charge in [0.25, 0.3) is 12.3 Å². The fourth-order valence-corrected chi connectivity index (χ4v) is 5.41. The molecule has 3 heterocycles. The van der Waals surface area contributed by atoms with Crippen LogP contribution in [0.5, 0.6) is 0 Å². The summed E-state index contributed by atoms with van der Waals surface area (Å²) in [7, 11) is 0. The molecule has 8 nitrogen and oxygen atoms in total. The third-order valence-electron chi connectivity index (χ3n) is 7.16. The van der Waals surface area contributed by atoms with Crippen molar-refractivity contribution < 1.29 is 13.6 Å². The summed E-state index contributed by atoms with van der Waals surface area (Å²) in [5, 5.41) is 6.15. The fourth-order valence-electron chi connectivity index (χ4n) is 5.25. The lowest BCUT2D eigenvalue weighted by molar-refractivity contribution is 0.0904. The quantitative estimate of drug-likeness (QED) is 0.296. The summed E-state index contributed by atoms with van der Waals surface area (Å²) in [6.45, 7) is 3.30. The molecule has 4 aromatic rings. The number of hydrogen-bond acceptors (Lipinski definition) is 5. The Bertz CT molecular complexity index is 1530. The van der Waals surface area contributed by atoms with Gasteiger partial charge in [0.15, 0.2) is 0 Å². The lowest BCUT2D eigenvalue weighted by Gasteiger charge is -2.29. The molecule has 1 fully saturated rings. The number of nitrogens with one attached hydrogen (secondary N) is 2. The molecular formula is C28H29ClF2N6O2. The minimum absolute atomic E-state index is 0.127. The molecule has 11 heteroatoms. The number of aromatic nitrogens is 4. The average molecular weight is 555 g/mol. The van der Waals surface area contributed by atoms with E-state index in [0.717, 1.165) is 42.4 Å². The van der Waals surface area contributed by atoms with Gasteiger partial charge in [-0.25, -0.2) is 18.6 Å². The van der Waals surface area contributed by atoms with Crippen molar-refractivity contribution in [3.63, 3.8) is 0 Å². The molecule has 2 N–H and O–H groups in total. The van der Waals surface area contributed by atoms with Gasteiger partial charge in [-0.05, 0) is 68.9 Å². The van der Waals surface area contributed by atoms with Crippen LogP contribution in [0.2, 0.25) is 5.02 Å². The van der Waals surface area contributed by atoms with Crippen molar-refractivity contribution in [3.8, 4) is 5.69 Å². The van der Waals surface area contributed by atoms with Crippen molar-refractivity contribution in [3.05, 3.63) is 81.6 Å². The van der Waals surface area contributed by atoms with E-state index in [1.807, 2.05) is 47.9 Å². The summed E-state index contributed by atoms with van der Waals surface area (Å²) in [6, 6.07) is 12.5. The third kappa shape index (κ3) is 5.66. The van der Waals surface area contributed by atoms with Crippen molar-refractivity contribution in [2.75, 3.05) is 11.9 Å². The molecule has 0 aliphatic heterocycles. The van der Waals surface area contributed by atoms with Crippen LogP contribution in [0.25, 0.3) is 16.7 Å². The summed E-state index contributed by atoms with van der Waals surface area (Å²) in [4.78, 5) is 34.4. The molecule has 5 rings (SSSR count). The highest BCUT2D eigenvalue weighted by atomic mass is 35.5. The number of imidazole rings is 1. The molecular weight excluding hydrogens is 526 g/mol. The molecule has 0 radical (unpaired) electrons. The number of hydrogen-bond donors (Lipinski definition) is 2. The molecule has 3 aromatic heterocycles. The Morgan fingerprint density at radius 2 is 1.82 bits per heavy atom. The Morgan fingerprint density at radius 3 is 2.49 bits per heavy atom. The van der Waals surface area contributed by atoms with Crippen LogP contribution in [0, 0.1) is 5.92 Å². The molecule has 1 aliphatic carbocycles. The fraction of sp³-hybridized carbons (Fsp3) is 0.357. The number of alkyl halides is 2. The highest BCUT2D eigenvalue weighted by Gasteiger charge is 2.27. The number of nitrogens with zero attached hydrogens (tertiary/aromatic N) is 4. The van der Waals surface area contributed by atoms with Crippen LogP contribution >= 0.6 is 11.6 Å². The van der Waals surface area contributed by atoms with E-state index in [1.165, 1.54) is 6.07 Å². The maximum absolute atomic E-state index is 13.6. The number of para-hydroxylation sites is 2. The molecule has 1 saturated carbocycles. The van der Waals surface area contributed by atoms with Gasteiger partial charge in [-0.15, -0.1) is 0 Å². The summed E-state index contributed by atoms with van der Waals surface area (Å²) >= 11 is 5.90. The zero-order valence-electron chi connectivity index (χ0n) is 21.4. The molecule has 204 valence electrons. The van der Waals surface area contributed by atoms with Gasteiger partial charge in [-0.3, -0.25) is 18.9 Å². The number of amides is 1. The Balaban J connectivity index is 1.29. The topological polar surface area (TPSA) is 93.8 Å². The predicted octanol–water partition coefficient (Wildman–Crippen LogP) is 5.59. The normalized spacial score (nSPS) is 17.5. The van der Waals surface area contributed by atoms with Crippen LogP contribution < -0.4 is 16.3 Å². The maximum atomic E-state index is 13.6. The minimum Gasteiger partial charge on any atom is -0.370 e. The van der Waals surface area contributed by atoms with E-state index < -0.39 is 18.0 Å². The summed E-state index contributed by atoms with van der Waals surface area (Å²) in [5.41, 5.74) is 1.45. The van der Waals surface area contributed by atoms with Gasteiger partial charge in [-0.2, -0.15) is 0 Å². The van der Waals surface area contributed by atoms with Gasteiger partial charge in [0, 0.05) is 25.3 Å². The summed E-state index contributed by atoms with van der Waals surface area (Å²) in [5.74, 6) is 0.379. The Kier molecular flexibility index (Phi) is 7.92. The summed E-state index contributed by atoms with van der Waals surface area (Å²) in [6.07, 6.45) is 2.85. The standard InChI is InChI=1S/C28H29ClF2N6O2/c1-2-32-24-12-11-20(15-33-24)37-23-6-4-3-5-22(23)36(28(37)39)16-17-7-9-19(10-8-17)35-27(38)21-13-18(29)14-34-25(21)26(30)31/h3-6,11-15,17,19,26H,2,7-10,16H2,1H3,(H,32,33)(H,35,38). The number of benzene rings is 1. The van der Waals surface area contributed by atoms with Gasteiger partial charge >= 0.3 is 5.69 Å². The first kappa shape index (κ1) is 26.8. The largest absolute Gasteiger partial charge is 0.370 e. The Labute approximate surface area is 229 Å². The van der Waals surface area contributed by atoms with Crippen LogP contribution in [0.4, 0.5) is 14.6 Å². The first-order valence-corrected chi connectivity index (χ1v) is 13.4. The van der Waals surface area contributed by atoms with Gasteiger partial charge in [0.1, 0.15) is 11.5 Å². The van der Waals surface area contributed by atoms with Crippen LogP contribution in [0.15, 0.2) is 59.7 Å². The second kappa shape index (κ2) is 11.5. The van der Waals surface area contributed by atoms with E-state index in [1.54, 1.807) is 10.8 Å². The molecule has 1 aromatic carbocycles. The van der Waals surface area contributed by atoms with E-state index in [9.17, 15) is 18.4 Å². The zero-order chi connectivity index (χ0) is 27.5. The van der Waals surface area contributed by atoms with Crippen molar-refractivity contribution in [1.82, 2.24) is 24.4 Å². The van der Waals surface area contributed by atoms with Gasteiger partial charge in [0.05, 0.1) is 33.5 Å². The smallest absolute Gasteiger partial charge is 0.333 e. The molecule has 39 heavy (non-hydrogen) atoms. The number of halogens is 3. The number of pyridine rings is 2. The van der Waals surface area contributed by atoms with E-state index in [0.29, 0.717) is 25.1 Å². The molecule has 0 spiro atoms. The lowest BCUT2D eigenvalue weighted by Crippen LogP contribution is -2.39. The van der Waals surface area contributed by atoms with Crippen LogP contribution in [0.1, 0.15) is 55.1 Å². The molecule has 1 aliphatic rings.